The zero-order valence-electron chi connectivity index (χ0n) is 14.7. The van der Waals surface area contributed by atoms with Gasteiger partial charge in [-0.25, -0.2) is 4.98 Å². The number of amides is 1. The zero-order valence-corrected chi connectivity index (χ0v) is 14.7. The number of aryl methyl sites for hydroxylation is 1. The summed E-state index contributed by atoms with van der Waals surface area (Å²) in [6.07, 6.45) is 7.72. The minimum Gasteiger partial charge on any atom is -0.368 e. The molecule has 1 aliphatic rings. The summed E-state index contributed by atoms with van der Waals surface area (Å²) in [6, 6.07) is 3.96. The Morgan fingerprint density at radius 2 is 2.38 bits per heavy atom. The van der Waals surface area contributed by atoms with Gasteiger partial charge in [0, 0.05) is 51.4 Å². The number of rotatable bonds is 7. The third-order valence-electron chi connectivity index (χ3n) is 4.28. The van der Waals surface area contributed by atoms with Gasteiger partial charge in [0.1, 0.15) is 5.82 Å². The molecule has 1 amide bonds. The van der Waals surface area contributed by atoms with E-state index in [-0.39, 0.29) is 18.4 Å². The first-order chi connectivity index (χ1) is 12.7. The molecular weight excluding hydrogens is 332 g/mol. The molecule has 0 spiro atoms. The van der Waals surface area contributed by atoms with Crippen molar-refractivity contribution in [3.63, 3.8) is 0 Å². The lowest BCUT2D eigenvalue weighted by atomic mass is 10.2. The van der Waals surface area contributed by atoms with Gasteiger partial charge in [-0.3, -0.25) is 9.48 Å². The van der Waals surface area contributed by atoms with E-state index >= 15 is 0 Å². The number of nitrogens with one attached hydrogen (secondary N) is 2. The van der Waals surface area contributed by atoms with Gasteiger partial charge in [-0.15, -0.1) is 0 Å². The number of nitriles is 1. The number of hydrogen-bond acceptors (Lipinski definition) is 7. The Balaban J connectivity index is 1.56. The lowest BCUT2D eigenvalue weighted by molar-refractivity contribution is -0.131. The van der Waals surface area contributed by atoms with Crippen LogP contribution in [0.25, 0.3) is 0 Å². The molecule has 2 N–H and O–H groups in total. The van der Waals surface area contributed by atoms with E-state index in [1.807, 2.05) is 24.2 Å². The van der Waals surface area contributed by atoms with E-state index in [4.69, 9.17) is 5.26 Å². The molecule has 0 aliphatic carbocycles. The van der Waals surface area contributed by atoms with Crippen LogP contribution in [0.15, 0.2) is 24.7 Å². The fourth-order valence-electron chi connectivity index (χ4n) is 3.04. The number of aromatic nitrogens is 4. The molecule has 2 aromatic rings. The Labute approximate surface area is 152 Å². The monoisotopic (exact) mass is 354 g/mol. The maximum absolute atomic E-state index is 12.2. The van der Waals surface area contributed by atoms with Gasteiger partial charge in [0.15, 0.2) is 0 Å². The van der Waals surface area contributed by atoms with Crippen LogP contribution < -0.4 is 10.6 Å². The highest BCUT2D eigenvalue weighted by Gasteiger charge is 2.28. The van der Waals surface area contributed by atoms with Crippen molar-refractivity contribution in [2.75, 3.05) is 23.7 Å². The standard InChI is InChI=1S/C17H22N8O/c1-24-12-13(10-21-24)22-17-19-8-6-15(23-17)20-11-14-4-3-9-25(14)16(26)5-2-7-18/h6,8,10,12,14H,2-5,9,11H2,1H3,(H2,19,20,22,23). The van der Waals surface area contributed by atoms with E-state index in [1.165, 1.54) is 0 Å². The molecule has 1 aliphatic heterocycles. The van der Waals surface area contributed by atoms with E-state index in [1.54, 1.807) is 23.1 Å². The molecule has 1 unspecified atom stereocenters. The van der Waals surface area contributed by atoms with Crippen LogP contribution in [0.2, 0.25) is 0 Å². The molecule has 0 saturated carbocycles. The number of hydrogen-bond donors (Lipinski definition) is 2. The second kappa shape index (κ2) is 8.29. The summed E-state index contributed by atoms with van der Waals surface area (Å²) in [5.41, 5.74) is 0.815. The van der Waals surface area contributed by atoms with E-state index in [2.05, 4.69) is 25.7 Å². The lowest BCUT2D eigenvalue weighted by Gasteiger charge is -2.25. The van der Waals surface area contributed by atoms with Gasteiger partial charge in [-0.05, 0) is 18.9 Å². The second-order valence-electron chi connectivity index (χ2n) is 6.22. The fourth-order valence-corrected chi connectivity index (χ4v) is 3.04. The van der Waals surface area contributed by atoms with E-state index < -0.39 is 0 Å². The predicted octanol–water partition coefficient (Wildman–Crippen LogP) is 1.66. The van der Waals surface area contributed by atoms with Crippen molar-refractivity contribution in [3.05, 3.63) is 24.7 Å². The maximum Gasteiger partial charge on any atom is 0.229 e. The SMILES string of the molecule is Cn1cc(Nc2nccc(NCC3CCCN3C(=O)CCC#N)n2)cn1. The molecule has 3 rings (SSSR count). The first kappa shape index (κ1) is 17.7. The lowest BCUT2D eigenvalue weighted by Crippen LogP contribution is -2.39. The summed E-state index contributed by atoms with van der Waals surface area (Å²) >= 11 is 0. The van der Waals surface area contributed by atoms with E-state index in [0.29, 0.717) is 24.7 Å². The number of likely N-dealkylation sites (tertiary alicyclic amines) is 1. The minimum atomic E-state index is 0.0532. The number of carbonyl (C=O) groups is 1. The Kier molecular flexibility index (Phi) is 5.63. The average Bonchev–Trinajstić information content (AvgIpc) is 3.27. The molecule has 3 heterocycles. The molecule has 0 radical (unpaired) electrons. The largest absolute Gasteiger partial charge is 0.368 e. The van der Waals surface area contributed by atoms with E-state index in [0.717, 1.165) is 25.1 Å². The molecule has 136 valence electrons. The molecule has 2 aromatic heterocycles. The third kappa shape index (κ3) is 4.47. The van der Waals surface area contributed by atoms with Crippen molar-refractivity contribution in [1.82, 2.24) is 24.6 Å². The van der Waals surface area contributed by atoms with E-state index in [9.17, 15) is 4.79 Å². The Morgan fingerprint density at radius 3 is 3.15 bits per heavy atom. The van der Waals surface area contributed by atoms with Crippen LogP contribution in [-0.4, -0.2) is 49.7 Å². The summed E-state index contributed by atoms with van der Waals surface area (Å²) in [7, 11) is 1.84. The van der Waals surface area contributed by atoms with Gasteiger partial charge in [0.2, 0.25) is 11.9 Å². The van der Waals surface area contributed by atoms with Gasteiger partial charge in [-0.1, -0.05) is 0 Å². The molecule has 9 nitrogen and oxygen atoms in total. The van der Waals surface area contributed by atoms with Crippen LogP contribution in [0.3, 0.4) is 0 Å². The van der Waals surface area contributed by atoms with Crippen molar-refractivity contribution in [2.45, 2.75) is 31.7 Å². The Hall–Kier alpha value is -3.15. The molecule has 0 aromatic carbocycles. The molecule has 1 saturated heterocycles. The van der Waals surface area contributed by atoms with Crippen LogP contribution in [0, 0.1) is 11.3 Å². The van der Waals surface area contributed by atoms with Crippen molar-refractivity contribution in [1.29, 1.82) is 5.26 Å². The van der Waals surface area contributed by atoms with Crippen molar-refractivity contribution < 1.29 is 4.79 Å². The summed E-state index contributed by atoms with van der Waals surface area (Å²) in [5.74, 6) is 1.23. The molecule has 0 bridgehead atoms. The molecule has 1 atom stereocenters. The van der Waals surface area contributed by atoms with Gasteiger partial charge < -0.3 is 15.5 Å². The first-order valence-electron chi connectivity index (χ1n) is 8.64. The third-order valence-corrected chi connectivity index (χ3v) is 4.28. The smallest absolute Gasteiger partial charge is 0.229 e. The zero-order chi connectivity index (χ0) is 18.4. The summed E-state index contributed by atoms with van der Waals surface area (Å²) in [4.78, 5) is 22.7. The average molecular weight is 354 g/mol. The predicted molar refractivity (Wildman–Crippen MR) is 96.6 cm³/mol. The Bertz CT molecular complexity index is 796. The quantitative estimate of drug-likeness (QED) is 0.777. The van der Waals surface area contributed by atoms with Crippen LogP contribution in [0.4, 0.5) is 17.5 Å². The van der Waals surface area contributed by atoms with Crippen molar-refractivity contribution >= 4 is 23.4 Å². The van der Waals surface area contributed by atoms with Gasteiger partial charge in [-0.2, -0.15) is 15.3 Å². The highest BCUT2D eigenvalue weighted by molar-refractivity contribution is 5.77. The van der Waals surface area contributed by atoms with Crippen LogP contribution in [-0.2, 0) is 11.8 Å². The van der Waals surface area contributed by atoms with Gasteiger partial charge in [0.05, 0.1) is 18.0 Å². The van der Waals surface area contributed by atoms with Gasteiger partial charge >= 0.3 is 0 Å². The summed E-state index contributed by atoms with van der Waals surface area (Å²) in [5, 5.41) is 19.1. The van der Waals surface area contributed by atoms with Crippen molar-refractivity contribution in [2.24, 2.45) is 7.05 Å². The minimum absolute atomic E-state index is 0.0532. The normalized spacial score (nSPS) is 16.3. The maximum atomic E-state index is 12.2. The van der Waals surface area contributed by atoms with Crippen LogP contribution >= 0.6 is 0 Å². The highest BCUT2D eigenvalue weighted by atomic mass is 16.2. The topological polar surface area (TPSA) is 112 Å². The molecular formula is C17H22N8O. The second-order valence-corrected chi connectivity index (χ2v) is 6.22. The van der Waals surface area contributed by atoms with Crippen LogP contribution in [0.1, 0.15) is 25.7 Å². The van der Waals surface area contributed by atoms with Crippen LogP contribution in [0.5, 0.6) is 0 Å². The number of nitrogens with zero attached hydrogens (tertiary/aromatic N) is 6. The summed E-state index contributed by atoms with van der Waals surface area (Å²) in [6.45, 7) is 1.38. The molecule has 1 fully saturated rings. The molecule has 9 heteroatoms. The van der Waals surface area contributed by atoms with Crippen molar-refractivity contribution in [3.8, 4) is 6.07 Å². The fraction of sp³-hybridized carbons (Fsp3) is 0.471. The number of carbonyl (C=O) groups excluding carboxylic acids is 1. The Morgan fingerprint density at radius 1 is 1.50 bits per heavy atom. The number of anilines is 3. The summed E-state index contributed by atoms with van der Waals surface area (Å²) < 4.78 is 1.70. The van der Waals surface area contributed by atoms with Gasteiger partial charge in [0.25, 0.3) is 0 Å². The molecule has 26 heavy (non-hydrogen) atoms. The first-order valence-corrected chi connectivity index (χ1v) is 8.64. The highest BCUT2D eigenvalue weighted by Crippen LogP contribution is 2.20.